The molecule has 164 valence electrons. The van der Waals surface area contributed by atoms with Gasteiger partial charge in [-0.1, -0.05) is 42.5 Å². The van der Waals surface area contributed by atoms with Crippen LogP contribution in [0.2, 0.25) is 0 Å². The average Bonchev–Trinajstić information content (AvgIpc) is 2.83. The molecule has 5 nitrogen and oxygen atoms in total. The van der Waals surface area contributed by atoms with Gasteiger partial charge in [0.25, 0.3) is 0 Å². The molecule has 0 bridgehead atoms. The molecular weight excluding hydrogens is 422 g/mol. The maximum Gasteiger partial charge on any atom is 0.236 e. The van der Waals surface area contributed by atoms with Crippen LogP contribution in [0.5, 0.6) is 11.5 Å². The van der Waals surface area contributed by atoms with Crippen LogP contribution in [0.3, 0.4) is 0 Å². The minimum absolute atomic E-state index is 0.110. The Morgan fingerprint density at radius 3 is 2.50 bits per heavy atom. The van der Waals surface area contributed by atoms with Crippen LogP contribution < -0.4 is 14.8 Å². The molecule has 4 rings (SSSR count). The normalized spacial score (nSPS) is 15.1. The topological polar surface area (TPSA) is 64.6 Å². The van der Waals surface area contributed by atoms with Crippen molar-refractivity contribution in [2.45, 2.75) is 17.7 Å². The zero-order chi connectivity index (χ0) is 22.5. The highest BCUT2D eigenvalue weighted by atomic mass is 32.2. The number of para-hydroxylation sites is 1. The van der Waals surface area contributed by atoms with Gasteiger partial charge in [0.1, 0.15) is 5.92 Å². The lowest BCUT2D eigenvalue weighted by Gasteiger charge is -2.22. The summed E-state index contributed by atoms with van der Waals surface area (Å²) >= 11 is 1.55. The van der Waals surface area contributed by atoms with Crippen LogP contribution in [0.1, 0.15) is 21.5 Å². The van der Waals surface area contributed by atoms with Crippen LogP contribution in [-0.2, 0) is 17.6 Å². The molecule has 1 aliphatic rings. The number of aryl methyl sites for hydroxylation is 2. The highest BCUT2D eigenvalue weighted by Crippen LogP contribution is 2.33. The number of hydrogen-bond donors (Lipinski definition) is 1. The number of thioether (sulfide) groups is 1. The third-order valence-electron chi connectivity index (χ3n) is 5.58. The van der Waals surface area contributed by atoms with E-state index in [1.807, 2.05) is 60.7 Å². The molecule has 6 heteroatoms. The molecule has 3 aromatic carbocycles. The van der Waals surface area contributed by atoms with Gasteiger partial charge in [0, 0.05) is 21.9 Å². The number of amides is 1. The zero-order valence-corrected chi connectivity index (χ0v) is 18.9. The Morgan fingerprint density at radius 1 is 0.969 bits per heavy atom. The van der Waals surface area contributed by atoms with E-state index in [0.29, 0.717) is 17.0 Å². The number of ether oxygens (including phenoxy) is 2. The van der Waals surface area contributed by atoms with Crippen molar-refractivity contribution in [2.24, 2.45) is 5.92 Å². The second kappa shape index (κ2) is 9.92. The van der Waals surface area contributed by atoms with E-state index in [1.165, 1.54) is 0 Å². The average molecular weight is 448 g/mol. The third-order valence-corrected chi connectivity index (χ3v) is 6.75. The van der Waals surface area contributed by atoms with Crippen molar-refractivity contribution >= 4 is 29.1 Å². The number of fused-ring (bicyclic) bond motifs is 1. The molecule has 32 heavy (non-hydrogen) atoms. The first-order chi connectivity index (χ1) is 15.6. The number of rotatable bonds is 7. The summed E-state index contributed by atoms with van der Waals surface area (Å²) in [6.07, 6.45) is 1.63. The second-order valence-electron chi connectivity index (χ2n) is 7.56. The largest absolute Gasteiger partial charge is 0.493 e. The number of anilines is 1. The molecule has 0 saturated heterocycles. The van der Waals surface area contributed by atoms with Gasteiger partial charge in [-0.05, 0) is 48.2 Å². The fraction of sp³-hybridized carbons (Fsp3) is 0.231. The van der Waals surface area contributed by atoms with E-state index in [4.69, 9.17) is 9.47 Å². The number of nitrogens with one attached hydrogen (secondary N) is 1. The minimum Gasteiger partial charge on any atom is -0.493 e. The second-order valence-corrected chi connectivity index (χ2v) is 8.62. The van der Waals surface area contributed by atoms with Crippen molar-refractivity contribution < 1.29 is 19.1 Å². The maximum atomic E-state index is 12.7. The van der Waals surface area contributed by atoms with Crippen LogP contribution in [0, 0.1) is 5.92 Å². The molecular formula is C26H25NO4S. The molecule has 0 saturated carbocycles. The Balaban J connectivity index is 1.37. The van der Waals surface area contributed by atoms with Crippen molar-refractivity contribution in [3.8, 4) is 11.5 Å². The van der Waals surface area contributed by atoms with Crippen molar-refractivity contribution in [3.63, 3.8) is 0 Å². The van der Waals surface area contributed by atoms with E-state index in [2.05, 4.69) is 5.32 Å². The highest BCUT2D eigenvalue weighted by molar-refractivity contribution is 7.99. The monoisotopic (exact) mass is 447 g/mol. The zero-order valence-electron chi connectivity index (χ0n) is 18.1. The molecule has 1 amide bonds. The lowest BCUT2D eigenvalue weighted by atomic mass is 9.97. The van der Waals surface area contributed by atoms with E-state index >= 15 is 0 Å². The molecule has 0 aliphatic carbocycles. The minimum atomic E-state index is -0.671. The Morgan fingerprint density at radius 2 is 1.75 bits per heavy atom. The van der Waals surface area contributed by atoms with E-state index in [9.17, 15) is 9.59 Å². The molecule has 3 aromatic rings. The van der Waals surface area contributed by atoms with Gasteiger partial charge in [0.2, 0.25) is 5.91 Å². The number of methoxy groups -OCH3 is 2. The van der Waals surface area contributed by atoms with Crippen LogP contribution >= 0.6 is 11.8 Å². The van der Waals surface area contributed by atoms with Gasteiger partial charge in [0.05, 0.1) is 14.2 Å². The lowest BCUT2D eigenvalue weighted by molar-refractivity contribution is -0.118. The van der Waals surface area contributed by atoms with Gasteiger partial charge in [-0.3, -0.25) is 9.59 Å². The van der Waals surface area contributed by atoms with Crippen LogP contribution in [-0.4, -0.2) is 31.7 Å². The fourth-order valence-electron chi connectivity index (χ4n) is 3.84. The van der Waals surface area contributed by atoms with Crippen molar-refractivity contribution in [2.75, 3.05) is 25.3 Å². The Labute approximate surface area is 192 Å². The van der Waals surface area contributed by atoms with Crippen molar-refractivity contribution in [1.82, 2.24) is 0 Å². The lowest BCUT2D eigenvalue weighted by Crippen LogP contribution is -2.34. The number of hydrogen-bond acceptors (Lipinski definition) is 5. The Bertz CT molecular complexity index is 1130. The molecule has 0 aromatic heterocycles. The van der Waals surface area contributed by atoms with Crippen LogP contribution in [0.25, 0.3) is 0 Å². The Hall–Kier alpha value is -3.25. The van der Waals surface area contributed by atoms with E-state index in [0.717, 1.165) is 40.4 Å². The number of carbonyl (C=O) groups is 2. The molecule has 1 atom stereocenters. The summed E-state index contributed by atoms with van der Waals surface area (Å²) in [5, 5.41) is 2.90. The van der Waals surface area contributed by atoms with E-state index < -0.39 is 5.92 Å². The summed E-state index contributed by atoms with van der Waals surface area (Å²) < 4.78 is 10.9. The van der Waals surface area contributed by atoms with Gasteiger partial charge >= 0.3 is 0 Å². The van der Waals surface area contributed by atoms with Crippen LogP contribution in [0.4, 0.5) is 5.69 Å². The Kier molecular flexibility index (Phi) is 6.81. The van der Waals surface area contributed by atoms with Gasteiger partial charge in [-0.25, -0.2) is 0 Å². The SMILES string of the molecule is COc1cccc(CCc2ccc(NC(=O)C3CSc4ccccc4C3=O)cc2)c1OC. The first-order valence-electron chi connectivity index (χ1n) is 10.5. The first-order valence-corrected chi connectivity index (χ1v) is 11.4. The number of ketones is 1. The standard InChI is InChI=1S/C26H25NO4S/c1-30-22-8-5-6-18(25(22)31-2)13-10-17-11-14-19(15-12-17)27-26(29)21-16-32-23-9-4-3-7-20(23)24(21)28/h3-9,11-12,14-15,21H,10,13,16H2,1-2H3,(H,27,29). The summed E-state index contributed by atoms with van der Waals surface area (Å²) in [5.74, 6) is 0.903. The third kappa shape index (κ3) is 4.65. The molecule has 1 N–H and O–H groups in total. The summed E-state index contributed by atoms with van der Waals surface area (Å²) in [6.45, 7) is 0. The molecule has 0 spiro atoms. The van der Waals surface area contributed by atoms with Crippen molar-refractivity contribution in [1.29, 1.82) is 0 Å². The summed E-state index contributed by atoms with van der Waals surface area (Å²) in [6, 6.07) is 21.1. The van der Waals surface area contributed by atoms with Gasteiger partial charge in [0.15, 0.2) is 17.3 Å². The number of carbonyl (C=O) groups excluding carboxylic acids is 2. The van der Waals surface area contributed by atoms with Crippen LogP contribution in [0.15, 0.2) is 71.6 Å². The molecule has 1 heterocycles. The smallest absolute Gasteiger partial charge is 0.236 e. The quantitative estimate of drug-likeness (QED) is 0.515. The highest BCUT2D eigenvalue weighted by Gasteiger charge is 2.33. The van der Waals surface area contributed by atoms with Crippen molar-refractivity contribution in [3.05, 3.63) is 83.4 Å². The van der Waals surface area contributed by atoms with E-state index in [-0.39, 0.29) is 11.7 Å². The maximum absolute atomic E-state index is 12.7. The molecule has 0 radical (unpaired) electrons. The number of benzene rings is 3. The van der Waals surface area contributed by atoms with Gasteiger partial charge < -0.3 is 14.8 Å². The molecule has 1 aliphatic heterocycles. The van der Waals surface area contributed by atoms with Gasteiger partial charge in [-0.15, -0.1) is 11.8 Å². The molecule has 0 fully saturated rings. The summed E-state index contributed by atoms with van der Waals surface area (Å²) in [7, 11) is 3.28. The molecule has 1 unspecified atom stereocenters. The summed E-state index contributed by atoms with van der Waals surface area (Å²) in [4.78, 5) is 26.4. The van der Waals surface area contributed by atoms with Gasteiger partial charge in [-0.2, -0.15) is 0 Å². The fourth-order valence-corrected chi connectivity index (χ4v) is 4.99. The summed E-state index contributed by atoms with van der Waals surface area (Å²) in [5.41, 5.74) is 3.55. The first kappa shape index (κ1) is 22.0. The predicted octanol–water partition coefficient (Wildman–Crippen LogP) is 5.03. The van der Waals surface area contributed by atoms with E-state index in [1.54, 1.807) is 32.0 Å². The number of Topliss-reactive ketones (excluding diaryl/α,β-unsaturated/α-hetero) is 1. The predicted molar refractivity (Wildman–Crippen MR) is 127 cm³/mol.